The van der Waals surface area contributed by atoms with E-state index in [0.29, 0.717) is 28.7 Å². The van der Waals surface area contributed by atoms with Crippen LogP contribution in [0.15, 0.2) is 18.2 Å². The van der Waals surface area contributed by atoms with Gasteiger partial charge < -0.3 is 5.11 Å². The number of rotatable bonds is 6. The van der Waals surface area contributed by atoms with Gasteiger partial charge in [0.2, 0.25) is 0 Å². The van der Waals surface area contributed by atoms with E-state index in [9.17, 15) is 5.11 Å². The number of aromatic nitrogens is 4. The fourth-order valence-electron chi connectivity index (χ4n) is 1.79. The molecule has 1 N–H and O–H groups in total. The molecule has 7 heteroatoms. The summed E-state index contributed by atoms with van der Waals surface area (Å²) in [6.45, 7) is 2.07. The zero-order chi connectivity index (χ0) is 14.5. The first-order chi connectivity index (χ1) is 9.60. The van der Waals surface area contributed by atoms with Gasteiger partial charge in [-0.1, -0.05) is 42.6 Å². The van der Waals surface area contributed by atoms with Gasteiger partial charge in [-0.05, 0) is 35.8 Å². The molecule has 1 heterocycles. The summed E-state index contributed by atoms with van der Waals surface area (Å²) in [5, 5.41) is 22.9. The minimum absolute atomic E-state index is 0.497. The molecular weight excluding hydrogens is 299 g/mol. The molecule has 0 saturated heterocycles. The lowest BCUT2D eigenvalue weighted by atomic mass is 10.1. The van der Waals surface area contributed by atoms with Crippen LogP contribution in [0.1, 0.15) is 43.8 Å². The third-order valence-electron chi connectivity index (χ3n) is 2.90. The Bertz CT molecular complexity index is 573. The number of halogens is 2. The SMILES string of the molecule is CCCCC(O)n1nnc(Cc2ccc(Cl)c(Cl)c2)n1. The zero-order valence-electron chi connectivity index (χ0n) is 11.1. The van der Waals surface area contributed by atoms with Crippen molar-refractivity contribution >= 4 is 23.2 Å². The van der Waals surface area contributed by atoms with Crippen LogP contribution in [0.4, 0.5) is 0 Å². The second-order valence-corrected chi connectivity index (χ2v) is 5.39. The highest BCUT2D eigenvalue weighted by Gasteiger charge is 2.11. The van der Waals surface area contributed by atoms with Gasteiger partial charge in [0.15, 0.2) is 12.1 Å². The van der Waals surface area contributed by atoms with Crippen molar-refractivity contribution in [2.24, 2.45) is 0 Å². The van der Waals surface area contributed by atoms with Crippen LogP contribution in [0.2, 0.25) is 10.0 Å². The Morgan fingerprint density at radius 1 is 1.30 bits per heavy atom. The Hall–Kier alpha value is -1.17. The molecule has 0 radical (unpaired) electrons. The van der Waals surface area contributed by atoms with Crippen molar-refractivity contribution in [2.75, 3.05) is 0 Å². The van der Waals surface area contributed by atoms with Crippen LogP contribution in [0.3, 0.4) is 0 Å². The second kappa shape index (κ2) is 7.02. The lowest BCUT2D eigenvalue weighted by molar-refractivity contribution is 0.0627. The van der Waals surface area contributed by atoms with Crippen molar-refractivity contribution in [2.45, 2.75) is 38.8 Å². The monoisotopic (exact) mass is 314 g/mol. The van der Waals surface area contributed by atoms with Gasteiger partial charge in [-0.15, -0.1) is 15.0 Å². The molecule has 0 aliphatic heterocycles. The standard InChI is InChI=1S/C13H16Cl2N4O/c1-2-3-4-13(20)19-17-12(16-18-19)8-9-5-6-10(14)11(15)7-9/h5-7,13,20H,2-4,8H2,1H3. The lowest BCUT2D eigenvalue weighted by Gasteiger charge is -2.06. The molecule has 2 aromatic rings. The Balaban J connectivity index is 2.03. The van der Waals surface area contributed by atoms with E-state index in [1.54, 1.807) is 12.1 Å². The number of aliphatic hydroxyl groups is 1. The molecule has 1 aromatic heterocycles. The highest BCUT2D eigenvalue weighted by atomic mass is 35.5. The summed E-state index contributed by atoms with van der Waals surface area (Å²) in [4.78, 5) is 1.25. The average molecular weight is 315 g/mol. The van der Waals surface area contributed by atoms with Gasteiger partial charge >= 0.3 is 0 Å². The highest BCUT2D eigenvalue weighted by molar-refractivity contribution is 6.42. The summed E-state index contributed by atoms with van der Waals surface area (Å²) in [6, 6.07) is 5.38. The molecule has 1 unspecified atom stereocenters. The predicted molar refractivity (Wildman–Crippen MR) is 77.9 cm³/mol. The minimum Gasteiger partial charge on any atom is -0.370 e. The number of aliphatic hydroxyl groups excluding tert-OH is 1. The maximum absolute atomic E-state index is 9.87. The molecule has 20 heavy (non-hydrogen) atoms. The summed E-state index contributed by atoms with van der Waals surface area (Å²) in [5.74, 6) is 0.541. The number of unbranched alkanes of at least 4 members (excludes halogenated alkanes) is 1. The molecule has 5 nitrogen and oxygen atoms in total. The second-order valence-electron chi connectivity index (χ2n) is 4.57. The first-order valence-corrected chi connectivity index (χ1v) is 7.26. The first-order valence-electron chi connectivity index (χ1n) is 6.50. The van der Waals surface area contributed by atoms with Gasteiger partial charge in [0, 0.05) is 6.42 Å². The fraction of sp³-hybridized carbons (Fsp3) is 0.462. The Kier molecular flexibility index (Phi) is 5.34. The third-order valence-corrected chi connectivity index (χ3v) is 3.64. The molecule has 2 rings (SSSR count). The van der Waals surface area contributed by atoms with E-state index in [2.05, 4.69) is 22.3 Å². The van der Waals surface area contributed by atoms with Gasteiger partial charge in [0.05, 0.1) is 10.0 Å². The van der Waals surface area contributed by atoms with Crippen LogP contribution >= 0.6 is 23.2 Å². The molecule has 0 fully saturated rings. The molecular formula is C13H16Cl2N4O. The van der Waals surface area contributed by atoms with Gasteiger partial charge in [0.25, 0.3) is 0 Å². The molecule has 0 bridgehead atoms. The molecule has 108 valence electrons. The van der Waals surface area contributed by atoms with Gasteiger partial charge in [-0.3, -0.25) is 0 Å². The van der Waals surface area contributed by atoms with Crippen molar-refractivity contribution in [3.05, 3.63) is 39.6 Å². The maximum Gasteiger partial charge on any atom is 0.179 e. The van der Waals surface area contributed by atoms with Crippen molar-refractivity contribution in [3.8, 4) is 0 Å². The van der Waals surface area contributed by atoms with Crippen LogP contribution in [-0.4, -0.2) is 25.3 Å². The van der Waals surface area contributed by atoms with Crippen LogP contribution in [0.5, 0.6) is 0 Å². The van der Waals surface area contributed by atoms with Crippen LogP contribution < -0.4 is 0 Å². The van der Waals surface area contributed by atoms with Crippen LogP contribution in [0, 0.1) is 0 Å². The van der Waals surface area contributed by atoms with Crippen molar-refractivity contribution in [1.29, 1.82) is 0 Å². The Labute approximate surface area is 127 Å². The lowest BCUT2D eigenvalue weighted by Crippen LogP contribution is -2.12. The van der Waals surface area contributed by atoms with Gasteiger partial charge in [0.1, 0.15) is 0 Å². The fourth-order valence-corrected chi connectivity index (χ4v) is 2.11. The number of tetrazole rings is 1. The maximum atomic E-state index is 9.87. The van der Waals surface area contributed by atoms with Crippen molar-refractivity contribution < 1.29 is 5.11 Å². The number of nitrogens with zero attached hydrogens (tertiary/aromatic N) is 4. The van der Waals surface area contributed by atoms with E-state index >= 15 is 0 Å². The molecule has 0 aliphatic carbocycles. The Morgan fingerprint density at radius 2 is 2.10 bits per heavy atom. The van der Waals surface area contributed by atoms with Gasteiger partial charge in [-0.2, -0.15) is 0 Å². The van der Waals surface area contributed by atoms with Crippen LogP contribution in [0.25, 0.3) is 0 Å². The highest BCUT2D eigenvalue weighted by Crippen LogP contribution is 2.23. The van der Waals surface area contributed by atoms with Gasteiger partial charge in [-0.25, -0.2) is 0 Å². The minimum atomic E-state index is -0.718. The summed E-state index contributed by atoms with van der Waals surface area (Å²) in [5.41, 5.74) is 0.946. The molecule has 0 spiro atoms. The zero-order valence-corrected chi connectivity index (χ0v) is 12.6. The van der Waals surface area contributed by atoms with E-state index in [4.69, 9.17) is 23.2 Å². The Morgan fingerprint density at radius 3 is 2.80 bits per heavy atom. The molecule has 1 atom stereocenters. The van der Waals surface area contributed by atoms with E-state index in [-0.39, 0.29) is 0 Å². The molecule has 0 aliphatic rings. The average Bonchev–Trinajstić information content (AvgIpc) is 2.89. The normalized spacial score (nSPS) is 12.6. The topological polar surface area (TPSA) is 63.8 Å². The summed E-state index contributed by atoms with van der Waals surface area (Å²) < 4.78 is 0. The summed E-state index contributed by atoms with van der Waals surface area (Å²) in [7, 11) is 0. The summed E-state index contributed by atoms with van der Waals surface area (Å²) in [6.07, 6.45) is 2.34. The van der Waals surface area contributed by atoms with E-state index in [1.807, 2.05) is 6.07 Å². The van der Waals surface area contributed by atoms with Crippen molar-refractivity contribution in [3.63, 3.8) is 0 Å². The van der Waals surface area contributed by atoms with E-state index in [1.165, 1.54) is 4.80 Å². The van der Waals surface area contributed by atoms with E-state index < -0.39 is 6.23 Å². The number of hydrogen-bond donors (Lipinski definition) is 1. The molecule has 0 saturated carbocycles. The first kappa shape index (κ1) is 15.2. The third kappa shape index (κ3) is 3.91. The van der Waals surface area contributed by atoms with E-state index in [0.717, 1.165) is 18.4 Å². The smallest absolute Gasteiger partial charge is 0.179 e. The molecule has 1 aromatic carbocycles. The largest absolute Gasteiger partial charge is 0.370 e. The summed E-state index contributed by atoms with van der Waals surface area (Å²) >= 11 is 11.8. The predicted octanol–water partition coefficient (Wildman–Crippen LogP) is 3.25. The number of hydrogen-bond acceptors (Lipinski definition) is 4. The number of benzene rings is 1. The van der Waals surface area contributed by atoms with Crippen molar-refractivity contribution in [1.82, 2.24) is 20.2 Å². The quantitative estimate of drug-likeness (QED) is 0.889. The molecule has 0 amide bonds. The van der Waals surface area contributed by atoms with Crippen LogP contribution in [-0.2, 0) is 6.42 Å².